The predicted molar refractivity (Wildman–Crippen MR) is 224 cm³/mol. The number of carbonyl (C=O) groups is 2. The first-order valence-corrected chi connectivity index (χ1v) is 23.2. The van der Waals surface area contributed by atoms with Crippen molar-refractivity contribution in [3.63, 3.8) is 0 Å². The molecule has 6 aliphatic rings. The van der Waals surface area contributed by atoms with Crippen molar-refractivity contribution in [3.8, 4) is 0 Å². The number of aliphatic hydroxyl groups excluding tert-OH is 2. The predicted octanol–water partition coefficient (Wildman–Crippen LogP) is 6.15. The Morgan fingerprint density at radius 3 is 2.25 bits per heavy atom. The highest BCUT2D eigenvalue weighted by atomic mass is 16.8. The summed E-state index contributed by atoms with van der Waals surface area (Å²) in [7, 11) is 1.70. The topological polar surface area (TPSA) is 189 Å². The van der Waals surface area contributed by atoms with Crippen molar-refractivity contribution in [2.75, 3.05) is 13.7 Å². The number of allylic oxidation sites excluding steroid dienone is 1. The number of Topliss-reactive ketones (excluding diaryl/α,β-unsaturated/α-hetero) is 1. The lowest BCUT2D eigenvalue weighted by molar-refractivity contribution is -0.390. The van der Waals surface area contributed by atoms with Crippen LogP contribution in [0.15, 0.2) is 11.6 Å². The van der Waals surface area contributed by atoms with Crippen molar-refractivity contribution in [2.24, 2.45) is 47.3 Å². The number of carbonyl (C=O) groups excluding carboxylic acids is 1. The van der Waals surface area contributed by atoms with Crippen LogP contribution >= 0.6 is 0 Å². The normalized spacial score (nSPS) is 48.6. The van der Waals surface area contributed by atoms with E-state index in [1.54, 1.807) is 27.9 Å². The number of hydrogen-bond donors (Lipinski definition) is 4. The zero-order chi connectivity index (χ0) is 45.0. The first kappa shape index (κ1) is 48.9. The van der Waals surface area contributed by atoms with E-state index in [1.807, 2.05) is 33.8 Å². The molecule has 350 valence electrons. The maximum absolute atomic E-state index is 13.4. The summed E-state index contributed by atoms with van der Waals surface area (Å²) in [6.45, 7) is 20.9. The third kappa shape index (κ3) is 9.71. The number of rotatable bonds is 13. The van der Waals surface area contributed by atoms with Gasteiger partial charge in [-0.15, -0.1) is 0 Å². The molecule has 0 aliphatic carbocycles. The van der Waals surface area contributed by atoms with Crippen LogP contribution in [0.1, 0.15) is 134 Å². The van der Waals surface area contributed by atoms with E-state index in [9.17, 15) is 30.0 Å². The van der Waals surface area contributed by atoms with E-state index in [1.165, 1.54) is 0 Å². The van der Waals surface area contributed by atoms with Gasteiger partial charge < -0.3 is 58.3 Å². The summed E-state index contributed by atoms with van der Waals surface area (Å²) in [5, 5.41) is 42.5. The van der Waals surface area contributed by atoms with Gasteiger partial charge in [-0.1, -0.05) is 61.5 Å². The zero-order valence-electron chi connectivity index (χ0n) is 38.8. The monoisotopic (exact) mass is 867 g/mol. The number of carboxylic acids is 1. The number of aliphatic carboxylic acids is 1. The molecule has 21 atom stereocenters. The number of hydrogen-bond acceptors (Lipinski definition) is 13. The van der Waals surface area contributed by atoms with E-state index in [0.717, 1.165) is 6.42 Å². The Morgan fingerprint density at radius 1 is 0.902 bits per heavy atom. The standard InChI is InChI=1S/C47H78O14/c1-24(40(50)25(2)18-28(5)43(51)52)17-26(3)41-31(8)34(49)22-45(59-41)16-15-44(11,61-45)38-21-36(56-39-14-13-35(54-12)33(10)55-39)32(9)47(58-38)30(7)20-37(57-47)42-27(4)19-29(6)46(53,23-48)60-42/h17,25-39,41-42,48-49,53H,13-16,18-23H2,1-12H3,(H,51,52)/b24-17+/t25-,26+,27+,28+,29-,30+,31-,32-,33+,34+,35-,36+,37-,38-,39-,41-,42+,44+,45-,46+,47+/m1/s1. The average Bonchev–Trinajstić information content (AvgIpc) is 3.71. The molecule has 14 heteroatoms. The molecule has 0 aromatic heterocycles. The molecule has 6 saturated heterocycles. The minimum Gasteiger partial charge on any atom is -0.481 e. The van der Waals surface area contributed by atoms with Crippen LogP contribution < -0.4 is 0 Å². The molecule has 0 radical (unpaired) electrons. The van der Waals surface area contributed by atoms with Crippen LogP contribution in [-0.4, -0.2) is 124 Å². The summed E-state index contributed by atoms with van der Waals surface area (Å²) in [6, 6.07) is 0. The lowest BCUT2D eigenvalue weighted by Crippen LogP contribution is -2.63. The van der Waals surface area contributed by atoms with Gasteiger partial charge >= 0.3 is 5.97 Å². The largest absolute Gasteiger partial charge is 0.481 e. The van der Waals surface area contributed by atoms with Crippen LogP contribution in [0, 0.1) is 47.3 Å². The second-order valence-corrected chi connectivity index (χ2v) is 20.6. The number of ketones is 1. The fourth-order valence-corrected chi connectivity index (χ4v) is 11.8. The highest BCUT2D eigenvalue weighted by Gasteiger charge is 2.65. The molecular weight excluding hydrogens is 789 g/mol. The number of methoxy groups -OCH3 is 1. The third-order valence-corrected chi connectivity index (χ3v) is 15.9. The quantitative estimate of drug-likeness (QED) is 0.154. The molecule has 0 bridgehead atoms. The first-order valence-electron chi connectivity index (χ1n) is 23.2. The molecule has 6 fully saturated rings. The maximum atomic E-state index is 13.4. The van der Waals surface area contributed by atoms with Gasteiger partial charge in [-0.05, 0) is 64.4 Å². The molecule has 61 heavy (non-hydrogen) atoms. The van der Waals surface area contributed by atoms with Gasteiger partial charge in [-0.25, -0.2) is 0 Å². The van der Waals surface area contributed by atoms with E-state index in [-0.39, 0.29) is 72.4 Å². The average molecular weight is 867 g/mol. The molecule has 0 aromatic carbocycles. The lowest BCUT2D eigenvalue weighted by Gasteiger charge is -2.54. The fourth-order valence-electron chi connectivity index (χ4n) is 11.8. The summed E-state index contributed by atoms with van der Waals surface area (Å²) in [4.78, 5) is 24.8. The van der Waals surface area contributed by atoms with Crippen molar-refractivity contribution in [1.82, 2.24) is 0 Å². The molecule has 4 N–H and O–H groups in total. The molecule has 0 unspecified atom stereocenters. The van der Waals surface area contributed by atoms with Crippen LogP contribution in [0.5, 0.6) is 0 Å². The van der Waals surface area contributed by atoms with Crippen molar-refractivity contribution < 1.29 is 67.9 Å². The van der Waals surface area contributed by atoms with Gasteiger partial charge in [0.2, 0.25) is 0 Å². The molecule has 2 spiro atoms. The number of ether oxygens (including phenoxy) is 8. The summed E-state index contributed by atoms with van der Waals surface area (Å²) in [6.07, 6.45) is 3.25. The highest BCUT2D eigenvalue weighted by Crippen LogP contribution is 2.56. The molecular formula is C47H78O14. The lowest BCUT2D eigenvalue weighted by atomic mass is 9.76. The molecule has 6 aliphatic heterocycles. The van der Waals surface area contributed by atoms with Gasteiger partial charge in [-0.2, -0.15) is 0 Å². The van der Waals surface area contributed by atoms with Gasteiger partial charge in [0.1, 0.15) is 0 Å². The van der Waals surface area contributed by atoms with Gasteiger partial charge in [0.15, 0.2) is 29.4 Å². The van der Waals surface area contributed by atoms with Crippen LogP contribution in [0.3, 0.4) is 0 Å². The zero-order valence-corrected chi connectivity index (χ0v) is 38.8. The van der Waals surface area contributed by atoms with Crippen LogP contribution in [0.25, 0.3) is 0 Å². The molecule has 0 aromatic rings. The summed E-state index contributed by atoms with van der Waals surface area (Å²) >= 11 is 0. The maximum Gasteiger partial charge on any atom is 0.306 e. The minimum atomic E-state index is -1.66. The van der Waals surface area contributed by atoms with Crippen LogP contribution in [-0.2, 0) is 47.5 Å². The van der Waals surface area contributed by atoms with Crippen molar-refractivity contribution in [3.05, 3.63) is 11.6 Å². The molecule has 6 heterocycles. The van der Waals surface area contributed by atoms with Gasteiger partial charge in [0.05, 0.1) is 67.0 Å². The van der Waals surface area contributed by atoms with Gasteiger partial charge in [0.25, 0.3) is 0 Å². The van der Waals surface area contributed by atoms with Crippen molar-refractivity contribution in [2.45, 2.75) is 212 Å². The number of carboxylic acid groups (broad SMARTS) is 1. The second-order valence-electron chi connectivity index (χ2n) is 20.6. The van der Waals surface area contributed by atoms with Gasteiger partial charge in [0, 0.05) is 68.3 Å². The van der Waals surface area contributed by atoms with Crippen molar-refractivity contribution in [1.29, 1.82) is 0 Å². The second kappa shape index (κ2) is 18.7. The number of aliphatic hydroxyl groups is 3. The van der Waals surface area contributed by atoms with Crippen molar-refractivity contribution >= 4 is 11.8 Å². The van der Waals surface area contributed by atoms with E-state index in [0.29, 0.717) is 44.1 Å². The Hall–Kier alpha value is -1.56. The summed E-state index contributed by atoms with van der Waals surface area (Å²) < 4.78 is 53.9. The molecule has 0 saturated carbocycles. The van der Waals surface area contributed by atoms with E-state index in [2.05, 4.69) is 27.7 Å². The van der Waals surface area contributed by atoms with E-state index in [4.69, 9.17) is 37.9 Å². The Morgan fingerprint density at radius 2 is 1.61 bits per heavy atom. The highest BCUT2D eigenvalue weighted by molar-refractivity contribution is 5.96. The SMILES string of the molecule is CO[C@@H]1CC[C@@H](O[C@H]2C[C@H]([C@]3(C)CC[C@]4(C[C@H](O)[C@@H](C)[C@@H]([C@@H](C)/C=C(\C)C(=O)[C@H](C)C[C@H](C)C(=O)O)O4)O3)O[C@]3(O[C@@H]([C@H]4O[C@@](O)(CO)[C@H](C)C[C@@H]4C)C[C@@H]3C)[C@@H]2C)O[C@H]1C. The Kier molecular flexibility index (Phi) is 15.0. The van der Waals surface area contributed by atoms with Crippen LogP contribution in [0.2, 0.25) is 0 Å². The molecule has 14 nitrogen and oxygen atoms in total. The molecule has 6 rings (SSSR count). The third-order valence-electron chi connectivity index (χ3n) is 15.9. The summed E-state index contributed by atoms with van der Waals surface area (Å²) in [5.74, 6) is -7.01. The molecule has 0 amide bonds. The van der Waals surface area contributed by atoms with Gasteiger partial charge in [-0.3, -0.25) is 9.59 Å². The minimum absolute atomic E-state index is 0.0130. The van der Waals surface area contributed by atoms with E-state index < -0.39 is 84.2 Å². The Balaban J connectivity index is 1.24. The van der Waals surface area contributed by atoms with Crippen LogP contribution in [0.4, 0.5) is 0 Å². The van der Waals surface area contributed by atoms with E-state index >= 15 is 0 Å². The Bertz CT molecular complexity index is 1570. The Labute approximate surface area is 363 Å². The first-order chi connectivity index (χ1) is 28.5. The fraction of sp³-hybridized carbons (Fsp3) is 0.915. The smallest absolute Gasteiger partial charge is 0.306 e. The summed E-state index contributed by atoms with van der Waals surface area (Å²) in [5.41, 5.74) is -0.326.